The number of benzene rings is 2. The second kappa shape index (κ2) is 6.46. The smallest absolute Gasteiger partial charge is 0.166 e. The molecule has 3 aromatic rings. The Hall–Kier alpha value is -2.57. The first-order valence-electron chi connectivity index (χ1n) is 13.7. The lowest BCUT2D eigenvalue weighted by Crippen LogP contribution is -2.74. The van der Waals surface area contributed by atoms with E-state index in [2.05, 4.69) is 15.5 Å². The molecule has 0 radical (unpaired) electrons. The summed E-state index contributed by atoms with van der Waals surface area (Å²) in [7, 11) is 1.70. The maximum atomic E-state index is 14.9. The van der Waals surface area contributed by atoms with Crippen LogP contribution in [0.5, 0.6) is 11.5 Å². The minimum Gasteiger partial charge on any atom is -0.493 e. The second-order valence-electron chi connectivity index (χ2n) is 12.2. The van der Waals surface area contributed by atoms with Crippen LogP contribution in [0.15, 0.2) is 24.3 Å². The van der Waals surface area contributed by atoms with Crippen molar-refractivity contribution >= 4 is 10.9 Å². The van der Waals surface area contributed by atoms with Gasteiger partial charge in [-0.3, -0.25) is 4.90 Å². The number of rotatable bonds is 3. The molecule has 3 aliphatic heterocycles. The zero-order valence-electron chi connectivity index (χ0n) is 20.6. The van der Waals surface area contributed by atoms with Crippen molar-refractivity contribution < 1.29 is 19.0 Å². The third-order valence-corrected chi connectivity index (χ3v) is 10.6. The molecule has 2 bridgehead atoms. The third kappa shape index (κ3) is 2.18. The van der Waals surface area contributed by atoms with Crippen molar-refractivity contribution in [2.75, 3.05) is 20.2 Å². The van der Waals surface area contributed by atoms with E-state index in [-0.39, 0.29) is 18.0 Å². The number of aryl methyl sites for hydroxylation is 2. The Morgan fingerprint density at radius 1 is 1.19 bits per heavy atom. The Labute approximate surface area is 209 Å². The molecular formula is C30H31FN2O3. The van der Waals surface area contributed by atoms with Gasteiger partial charge in [0.15, 0.2) is 17.6 Å². The highest BCUT2D eigenvalue weighted by atomic mass is 19.1. The number of nitrogens with zero attached hydrogens (tertiary/aromatic N) is 2. The van der Waals surface area contributed by atoms with E-state index in [1.807, 2.05) is 6.07 Å². The van der Waals surface area contributed by atoms with Crippen LogP contribution in [0.2, 0.25) is 0 Å². The first-order chi connectivity index (χ1) is 17.5. The predicted octanol–water partition coefficient (Wildman–Crippen LogP) is 4.43. The SMILES string of the molecule is COc1ccc2c3c1O[C@H]1c4c(c5cc(F)cc6c5n4CCC6)C[C@@]4(O)C(C2)N(CC2CC2)CC[C@]314. The van der Waals surface area contributed by atoms with E-state index in [0.29, 0.717) is 6.42 Å². The standard InChI is InChI=1S/C30H31FN2O3/c1-35-22-7-6-17-12-23-30(34)14-21-20-13-19(31)11-18-3-2-9-33(25(18)20)26(21)28-29(30,24(17)27(22)36-28)8-10-32(23)15-16-4-5-16/h6-7,11,13,16,23,28,34H,2-5,8-10,12,14-15H2,1H3/t23?,28-,29-,30+/m0/s1. The highest BCUT2D eigenvalue weighted by Gasteiger charge is 2.73. The van der Waals surface area contributed by atoms with E-state index >= 15 is 0 Å². The van der Waals surface area contributed by atoms with Crippen LogP contribution < -0.4 is 9.47 Å². The molecule has 1 saturated carbocycles. The summed E-state index contributed by atoms with van der Waals surface area (Å²) < 4.78 is 30.1. The molecule has 3 aliphatic carbocycles. The zero-order valence-corrected chi connectivity index (χ0v) is 20.6. The van der Waals surface area contributed by atoms with E-state index < -0.39 is 11.0 Å². The molecule has 1 saturated heterocycles. The predicted molar refractivity (Wildman–Crippen MR) is 133 cm³/mol. The number of fused-ring (bicyclic) bond motifs is 4. The normalized spacial score (nSPS) is 33.3. The number of halogens is 1. The van der Waals surface area contributed by atoms with Crippen molar-refractivity contribution in [2.45, 2.75) is 74.7 Å². The van der Waals surface area contributed by atoms with Gasteiger partial charge >= 0.3 is 0 Å². The number of hydrogen-bond donors (Lipinski definition) is 1. The summed E-state index contributed by atoms with van der Waals surface area (Å²) in [5.41, 5.74) is 5.52. The van der Waals surface area contributed by atoms with Gasteiger partial charge in [0, 0.05) is 36.5 Å². The average molecular weight is 487 g/mol. The molecule has 186 valence electrons. The van der Waals surface area contributed by atoms with Gasteiger partial charge in [-0.2, -0.15) is 0 Å². The minimum absolute atomic E-state index is 0.0366. The van der Waals surface area contributed by atoms with Gasteiger partial charge in [-0.25, -0.2) is 4.39 Å². The van der Waals surface area contributed by atoms with Crippen molar-refractivity contribution in [1.29, 1.82) is 0 Å². The summed E-state index contributed by atoms with van der Waals surface area (Å²) in [5.74, 6) is 2.16. The number of aromatic nitrogens is 1. The van der Waals surface area contributed by atoms with Crippen LogP contribution in [-0.4, -0.2) is 46.4 Å². The molecule has 1 spiro atoms. The van der Waals surface area contributed by atoms with Crippen molar-refractivity contribution in [2.24, 2.45) is 5.92 Å². The quantitative estimate of drug-likeness (QED) is 0.595. The molecule has 36 heavy (non-hydrogen) atoms. The van der Waals surface area contributed by atoms with Crippen LogP contribution in [-0.2, 0) is 31.2 Å². The molecular weight excluding hydrogens is 455 g/mol. The van der Waals surface area contributed by atoms with Crippen molar-refractivity contribution in [3.8, 4) is 11.5 Å². The Kier molecular flexibility index (Phi) is 3.67. The first-order valence-corrected chi connectivity index (χ1v) is 13.7. The van der Waals surface area contributed by atoms with Crippen LogP contribution in [0.25, 0.3) is 10.9 Å². The van der Waals surface area contributed by atoms with E-state index in [1.165, 1.54) is 29.7 Å². The van der Waals surface area contributed by atoms with Gasteiger partial charge in [0.2, 0.25) is 0 Å². The highest BCUT2D eigenvalue weighted by molar-refractivity contribution is 5.90. The zero-order chi connectivity index (χ0) is 24.0. The minimum atomic E-state index is -0.970. The fourth-order valence-corrected chi connectivity index (χ4v) is 9.03. The number of likely N-dealkylation sites (tertiary alicyclic amines) is 1. The monoisotopic (exact) mass is 486 g/mol. The van der Waals surface area contributed by atoms with Gasteiger partial charge in [-0.05, 0) is 85.9 Å². The maximum Gasteiger partial charge on any atom is 0.166 e. The van der Waals surface area contributed by atoms with Gasteiger partial charge in [0.05, 0.1) is 29.3 Å². The molecule has 1 N–H and O–H groups in total. The largest absolute Gasteiger partial charge is 0.493 e. The van der Waals surface area contributed by atoms with Crippen molar-refractivity contribution in [3.05, 3.63) is 58.0 Å². The molecule has 5 nitrogen and oxygen atoms in total. The van der Waals surface area contributed by atoms with Gasteiger partial charge in [-0.15, -0.1) is 0 Å². The molecule has 2 aromatic carbocycles. The Morgan fingerprint density at radius 3 is 2.92 bits per heavy atom. The Balaban J connectivity index is 1.36. The first kappa shape index (κ1) is 20.5. The number of aliphatic hydroxyl groups is 1. The molecule has 1 aromatic heterocycles. The van der Waals surface area contributed by atoms with E-state index in [0.717, 1.165) is 84.8 Å². The van der Waals surface area contributed by atoms with Gasteiger partial charge in [0.25, 0.3) is 0 Å². The average Bonchev–Trinajstić information content (AvgIpc) is 3.54. The van der Waals surface area contributed by atoms with Crippen LogP contribution in [0.4, 0.5) is 4.39 Å². The number of hydrogen-bond acceptors (Lipinski definition) is 4. The number of piperidine rings is 1. The number of ether oxygens (including phenoxy) is 2. The Morgan fingerprint density at radius 2 is 2.08 bits per heavy atom. The summed E-state index contributed by atoms with van der Waals surface area (Å²) in [6, 6.07) is 7.70. The molecule has 2 fully saturated rings. The third-order valence-electron chi connectivity index (χ3n) is 10.6. The number of methoxy groups -OCH3 is 1. The molecule has 9 rings (SSSR count). The summed E-state index contributed by atoms with van der Waals surface area (Å²) in [4.78, 5) is 2.58. The van der Waals surface area contributed by atoms with Gasteiger partial charge < -0.3 is 19.1 Å². The molecule has 4 heterocycles. The Bertz CT molecular complexity index is 1490. The topological polar surface area (TPSA) is 46.9 Å². The van der Waals surface area contributed by atoms with Crippen molar-refractivity contribution in [1.82, 2.24) is 9.47 Å². The van der Waals surface area contributed by atoms with Crippen LogP contribution in [0.3, 0.4) is 0 Å². The molecule has 0 amide bonds. The van der Waals surface area contributed by atoms with Crippen LogP contribution in [0.1, 0.15) is 59.7 Å². The summed E-state index contributed by atoms with van der Waals surface area (Å²) in [6.45, 7) is 2.96. The molecule has 4 atom stereocenters. The fraction of sp³-hybridized carbons (Fsp3) is 0.533. The fourth-order valence-electron chi connectivity index (χ4n) is 9.03. The van der Waals surface area contributed by atoms with Gasteiger partial charge in [0.1, 0.15) is 5.82 Å². The van der Waals surface area contributed by atoms with Crippen LogP contribution in [0, 0.1) is 11.7 Å². The lowest BCUT2D eigenvalue weighted by atomic mass is 9.49. The lowest BCUT2D eigenvalue weighted by molar-refractivity contribution is -0.173. The lowest BCUT2D eigenvalue weighted by Gasteiger charge is -2.63. The van der Waals surface area contributed by atoms with E-state index in [9.17, 15) is 9.50 Å². The van der Waals surface area contributed by atoms with E-state index in [1.54, 1.807) is 19.2 Å². The van der Waals surface area contributed by atoms with Crippen molar-refractivity contribution in [3.63, 3.8) is 0 Å². The highest BCUT2D eigenvalue weighted by Crippen LogP contribution is 2.69. The molecule has 6 aliphatic rings. The summed E-state index contributed by atoms with van der Waals surface area (Å²) in [5, 5.41) is 14.0. The second-order valence-corrected chi connectivity index (χ2v) is 12.2. The summed E-state index contributed by atoms with van der Waals surface area (Å²) >= 11 is 0. The van der Waals surface area contributed by atoms with Gasteiger partial charge in [-0.1, -0.05) is 6.07 Å². The van der Waals surface area contributed by atoms with E-state index in [4.69, 9.17) is 9.47 Å². The summed E-state index contributed by atoms with van der Waals surface area (Å²) in [6.07, 6.45) is 6.45. The maximum absolute atomic E-state index is 14.9. The molecule has 6 heteroatoms. The molecule has 1 unspecified atom stereocenters. The van der Waals surface area contributed by atoms with Crippen LogP contribution >= 0.6 is 0 Å².